The van der Waals surface area contributed by atoms with Crippen LogP contribution in [-0.4, -0.2) is 12.6 Å². The maximum Gasteiger partial charge on any atom is 0.0124 e. The second-order valence-corrected chi connectivity index (χ2v) is 6.63. The van der Waals surface area contributed by atoms with Crippen LogP contribution in [0, 0.1) is 11.8 Å². The lowest BCUT2D eigenvalue weighted by molar-refractivity contribution is 0.219. The topological polar surface area (TPSA) is 12.0 Å². The van der Waals surface area contributed by atoms with E-state index >= 15 is 0 Å². The van der Waals surface area contributed by atoms with Gasteiger partial charge >= 0.3 is 0 Å². The molecule has 0 radical (unpaired) electrons. The largest absolute Gasteiger partial charge is 0.313 e. The molecule has 106 valence electrons. The van der Waals surface area contributed by atoms with Crippen LogP contribution in [0.25, 0.3) is 0 Å². The molecule has 1 unspecified atom stereocenters. The van der Waals surface area contributed by atoms with Gasteiger partial charge in [-0.1, -0.05) is 51.9 Å². The zero-order chi connectivity index (χ0) is 12.6. The van der Waals surface area contributed by atoms with E-state index in [1.165, 1.54) is 83.6 Å². The van der Waals surface area contributed by atoms with Crippen molar-refractivity contribution < 1.29 is 0 Å². The molecule has 0 bridgehead atoms. The summed E-state index contributed by atoms with van der Waals surface area (Å²) in [5.41, 5.74) is 0. The SMILES string of the molecule is CCCNC(C1CCCCCCC1)C1CCCC1. The summed E-state index contributed by atoms with van der Waals surface area (Å²) in [6.07, 6.45) is 17.7. The van der Waals surface area contributed by atoms with Gasteiger partial charge < -0.3 is 5.32 Å². The highest BCUT2D eigenvalue weighted by Gasteiger charge is 2.30. The summed E-state index contributed by atoms with van der Waals surface area (Å²) < 4.78 is 0. The third-order valence-corrected chi connectivity index (χ3v) is 5.20. The minimum atomic E-state index is 0.852. The minimum absolute atomic E-state index is 0.852. The van der Waals surface area contributed by atoms with Gasteiger partial charge in [0.1, 0.15) is 0 Å². The molecule has 1 nitrogen and oxygen atoms in total. The fourth-order valence-corrected chi connectivity index (χ4v) is 4.19. The first kappa shape index (κ1) is 14.4. The van der Waals surface area contributed by atoms with Crippen molar-refractivity contribution in [3.63, 3.8) is 0 Å². The fourth-order valence-electron chi connectivity index (χ4n) is 4.19. The summed E-state index contributed by atoms with van der Waals surface area (Å²) in [6.45, 7) is 3.54. The molecule has 1 atom stereocenters. The predicted molar refractivity (Wildman–Crippen MR) is 79.8 cm³/mol. The van der Waals surface area contributed by atoms with Crippen molar-refractivity contribution in [1.82, 2.24) is 5.32 Å². The number of hydrogen-bond acceptors (Lipinski definition) is 1. The molecule has 18 heavy (non-hydrogen) atoms. The molecule has 2 fully saturated rings. The first-order valence-corrected chi connectivity index (χ1v) is 8.65. The normalized spacial score (nSPS) is 25.8. The van der Waals surface area contributed by atoms with Gasteiger partial charge in [-0.3, -0.25) is 0 Å². The molecule has 0 aromatic rings. The molecular weight excluding hydrogens is 218 g/mol. The zero-order valence-electron chi connectivity index (χ0n) is 12.4. The minimum Gasteiger partial charge on any atom is -0.313 e. The second-order valence-electron chi connectivity index (χ2n) is 6.63. The molecule has 2 aliphatic carbocycles. The van der Waals surface area contributed by atoms with Crippen molar-refractivity contribution >= 4 is 0 Å². The Morgan fingerprint density at radius 1 is 0.778 bits per heavy atom. The Labute approximate surface area is 114 Å². The molecular formula is C17H33N. The Morgan fingerprint density at radius 3 is 1.72 bits per heavy atom. The fraction of sp³-hybridized carbons (Fsp3) is 1.00. The molecule has 2 aliphatic rings. The molecule has 0 spiro atoms. The quantitative estimate of drug-likeness (QED) is 0.732. The molecule has 1 heteroatoms. The van der Waals surface area contributed by atoms with Crippen LogP contribution in [0.1, 0.15) is 84.0 Å². The van der Waals surface area contributed by atoms with Crippen LogP contribution >= 0.6 is 0 Å². The van der Waals surface area contributed by atoms with E-state index in [-0.39, 0.29) is 0 Å². The van der Waals surface area contributed by atoms with Crippen molar-refractivity contribution in [3.05, 3.63) is 0 Å². The van der Waals surface area contributed by atoms with Crippen molar-refractivity contribution in [3.8, 4) is 0 Å². The average molecular weight is 251 g/mol. The molecule has 1 N–H and O–H groups in total. The van der Waals surface area contributed by atoms with Crippen LogP contribution in [0.3, 0.4) is 0 Å². The first-order chi connectivity index (χ1) is 8.92. The van der Waals surface area contributed by atoms with Crippen molar-refractivity contribution in [1.29, 1.82) is 0 Å². The monoisotopic (exact) mass is 251 g/mol. The van der Waals surface area contributed by atoms with E-state index in [9.17, 15) is 0 Å². The smallest absolute Gasteiger partial charge is 0.0124 e. The van der Waals surface area contributed by atoms with E-state index in [0.29, 0.717) is 0 Å². The highest BCUT2D eigenvalue weighted by molar-refractivity contribution is 4.86. The van der Waals surface area contributed by atoms with Gasteiger partial charge in [0.15, 0.2) is 0 Å². The van der Waals surface area contributed by atoms with Gasteiger partial charge in [-0.15, -0.1) is 0 Å². The summed E-state index contributed by atoms with van der Waals surface area (Å²) >= 11 is 0. The first-order valence-electron chi connectivity index (χ1n) is 8.65. The zero-order valence-corrected chi connectivity index (χ0v) is 12.4. The Balaban J connectivity index is 1.91. The van der Waals surface area contributed by atoms with E-state index in [1.54, 1.807) is 0 Å². The third-order valence-electron chi connectivity index (χ3n) is 5.20. The lowest BCUT2D eigenvalue weighted by Crippen LogP contribution is -2.42. The van der Waals surface area contributed by atoms with Crippen LogP contribution in [0.15, 0.2) is 0 Å². The summed E-state index contributed by atoms with van der Waals surface area (Å²) in [5.74, 6) is 1.99. The van der Waals surface area contributed by atoms with Gasteiger partial charge in [0.25, 0.3) is 0 Å². The van der Waals surface area contributed by atoms with E-state index in [0.717, 1.165) is 17.9 Å². The van der Waals surface area contributed by atoms with Crippen LogP contribution in [0.5, 0.6) is 0 Å². The molecule has 0 saturated heterocycles. The predicted octanol–water partition coefficient (Wildman–Crippen LogP) is 4.91. The molecule has 0 heterocycles. The van der Waals surface area contributed by atoms with Crippen molar-refractivity contribution in [2.75, 3.05) is 6.54 Å². The van der Waals surface area contributed by atoms with E-state index in [2.05, 4.69) is 12.2 Å². The van der Waals surface area contributed by atoms with Gasteiger partial charge in [0, 0.05) is 6.04 Å². The molecule has 2 rings (SSSR count). The summed E-state index contributed by atoms with van der Waals surface area (Å²) in [6, 6.07) is 0.852. The van der Waals surface area contributed by atoms with E-state index < -0.39 is 0 Å². The van der Waals surface area contributed by atoms with Gasteiger partial charge in [-0.05, 0) is 50.5 Å². The molecule has 2 saturated carbocycles. The lowest BCUT2D eigenvalue weighted by Gasteiger charge is -2.34. The van der Waals surface area contributed by atoms with Crippen molar-refractivity contribution in [2.24, 2.45) is 11.8 Å². The van der Waals surface area contributed by atoms with Crippen LogP contribution in [0.2, 0.25) is 0 Å². The summed E-state index contributed by atoms with van der Waals surface area (Å²) in [5, 5.41) is 3.93. The highest BCUT2D eigenvalue weighted by atomic mass is 14.9. The van der Waals surface area contributed by atoms with E-state index in [1.807, 2.05) is 0 Å². The molecule has 0 aromatic carbocycles. The standard InChI is InChI=1S/C17H33N/c1-2-14-18-17(16-12-8-9-13-16)15-10-6-4-3-5-7-11-15/h15-18H,2-14H2,1H3. The Morgan fingerprint density at radius 2 is 1.22 bits per heavy atom. The van der Waals surface area contributed by atoms with Gasteiger partial charge in [0.05, 0.1) is 0 Å². The number of nitrogens with one attached hydrogen (secondary N) is 1. The van der Waals surface area contributed by atoms with Gasteiger partial charge in [-0.2, -0.15) is 0 Å². The van der Waals surface area contributed by atoms with Crippen LogP contribution < -0.4 is 5.32 Å². The second kappa shape index (κ2) is 8.19. The molecule has 0 aliphatic heterocycles. The lowest BCUT2D eigenvalue weighted by atomic mass is 9.79. The van der Waals surface area contributed by atoms with Gasteiger partial charge in [-0.25, -0.2) is 0 Å². The van der Waals surface area contributed by atoms with E-state index in [4.69, 9.17) is 0 Å². The molecule has 0 aromatic heterocycles. The number of rotatable bonds is 5. The van der Waals surface area contributed by atoms with Crippen LogP contribution in [-0.2, 0) is 0 Å². The molecule has 0 amide bonds. The Kier molecular flexibility index (Phi) is 6.54. The Hall–Kier alpha value is -0.0400. The summed E-state index contributed by atoms with van der Waals surface area (Å²) in [4.78, 5) is 0. The van der Waals surface area contributed by atoms with Gasteiger partial charge in [0.2, 0.25) is 0 Å². The average Bonchev–Trinajstić information content (AvgIpc) is 2.85. The highest BCUT2D eigenvalue weighted by Crippen LogP contribution is 2.35. The number of hydrogen-bond donors (Lipinski definition) is 1. The Bertz CT molecular complexity index is 200. The maximum absolute atomic E-state index is 3.93. The van der Waals surface area contributed by atoms with Crippen molar-refractivity contribution in [2.45, 2.75) is 90.0 Å². The third kappa shape index (κ3) is 4.26. The summed E-state index contributed by atoms with van der Waals surface area (Å²) in [7, 11) is 0. The maximum atomic E-state index is 3.93. The van der Waals surface area contributed by atoms with Crippen LogP contribution in [0.4, 0.5) is 0 Å².